The van der Waals surface area contributed by atoms with Gasteiger partial charge in [0.1, 0.15) is 5.82 Å². The van der Waals surface area contributed by atoms with Crippen molar-refractivity contribution in [1.29, 1.82) is 0 Å². The first kappa shape index (κ1) is 14.0. The number of nitrogens with one attached hydrogen (secondary N) is 2. The number of amides is 2. The molecular formula is C13H14N4O2S. The van der Waals surface area contributed by atoms with E-state index in [0.717, 1.165) is 0 Å². The number of anilines is 1. The van der Waals surface area contributed by atoms with Crippen molar-refractivity contribution in [2.75, 3.05) is 11.9 Å². The molecule has 0 unspecified atom stereocenters. The number of aromatic nitrogens is 2. The average Bonchev–Trinajstić information content (AvgIpc) is 3.06. The molecular weight excluding hydrogens is 276 g/mol. The van der Waals surface area contributed by atoms with E-state index in [1.54, 1.807) is 25.3 Å². The quantitative estimate of drug-likeness (QED) is 0.822. The molecule has 0 radical (unpaired) electrons. The van der Waals surface area contributed by atoms with Crippen molar-refractivity contribution in [3.8, 4) is 0 Å². The molecule has 2 aromatic rings. The smallest absolute Gasteiger partial charge is 0.272 e. The van der Waals surface area contributed by atoms with E-state index in [-0.39, 0.29) is 17.5 Å². The van der Waals surface area contributed by atoms with E-state index in [1.807, 2.05) is 5.38 Å². The van der Waals surface area contributed by atoms with E-state index in [2.05, 4.69) is 22.3 Å². The van der Waals surface area contributed by atoms with Crippen LogP contribution in [0.5, 0.6) is 0 Å². The number of carbonyl (C=O) groups is 2. The Bertz CT molecular complexity index is 631. The molecule has 0 saturated carbocycles. The third-order valence-electron chi connectivity index (χ3n) is 2.51. The fourth-order valence-corrected chi connectivity index (χ4v) is 2.16. The molecule has 0 fully saturated rings. The van der Waals surface area contributed by atoms with Crippen molar-refractivity contribution in [3.05, 3.63) is 46.8 Å². The van der Waals surface area contributed by atoms with Crippen LogP contribution in [-0.2, 0) is 7.05 Å². The predicted octanol–water partition coefficient (Wildman–Crippen LogP) is 1.65. The second-order valence-electron chi connectivity index (χ2n) is 3.97. The normalized spacial score (nSPS) is 10.1. The van der Waals surface area contributed by atoms with Crippen molar-refractivity contribution in [2.24, 2.45) is 7.05 Å². The van der Waals surface area contributed by atoms with Gasteiger partial charge in [0.25, 0.3) is 11.8 Å². The molecule has 20 heavy (non-hydrogen) atoms. The van der Waals surface area contributed by atoms with Gasteiger partial charge < -0.3 is 10.6 Å². The fraction of sp³-hybridized carbons (Fsp3) is 0.154. The molecule has 7 heteroatoms. The Balaban J connectivity index is 2.09. The minimum atomic E-state index is -0.308. The van der Waals surface area contributed by atoms with Gasteiger partial charge in [-0.05, 0) is 11.4 Å². The highest BCUT2D eigenvalue weighted by molar-refractivity contribution is 7.12. The van der Waals surface area contributed by atoms with Crippen molar-refractivity contribution in [1.82, 2.24) is 15.1 Å². The zero-order valence-electron chi connectivity index (χ0n) is 10.9. The Hall–Kier alpha value is -2.41. The van der Waals surface area contributed by atoms with Crippen LogP contribution in [-0.4, -0.2) is 28.1 Å². The summed E-state index contributed by atoms with van der Waals surface area (Å²) in [6.45, 7) is 3.89. The van der Waals surface area contributed by atoms with Crippen molar-refractivity contribution >= 4 is 29.0 Å². The highest BCUT2D eigenvalue weighted by atomic mass is 32.1. The molecule has 0 spiro atoms. The maximum Gasteiger partial charge on any atom is 0.272 e. The van der Waals surface area contributed by atoms with Crippen LogP contribution in [0.4, 0.5) is 5.82 Å². The number of hydrogen-bond donors (Lipinski definition) is 2. The van der Waals surface area contributed by atoms with Gasteiger partial charge >= 0.3 is 0 Å². The largest absolute Gasteiger partial charge is 0.347 e. The minimum absolute atomic E-state index is 0.221. The third-order valence-corrected chi connectivity index (χ3v) is 3.37. The zero-order chi connectivity index (χ0) is 14.5. The lowest BCUT2D eigenvalue weighted by Gasteiger charge is -2.02. The maximum absolute atomic E-state index is 11.9. The maximum atomic E-state index is 11.9. The fourth-order valence-electron chi connectivity index (χ4n) is 1.54. The Morgan fingerprint density at radius 3 is 2.95 bits per heavy atom. The molecule has 2 amide bonds. The molecule has 0 aliphatic heterocycles. The summed E-state index contributed by atoms with van der Waals surface area (Å²) >= 11 is 1.35. The van der Waals surface area contributed by atoms with Gasteiger partial charge in [0.05, 0.1) is 4.88 Å². The van der Waals surface area contributed by atoms with Crippen LogP contribution in [0.15, 0.2) is 36.2 Å². The number of nitrogens with zero attached hydrogens (tertiary/aromatic N) is 2. The van der Waals surface area contributed by atoms with Gasteiger partial charge in [0.2, 0.25) is 0 Å². The molecule has 104 valence electrons. The number of carbonyl (C=O) groups excluding carboxylic acids is 2. The van der Waals surface area contributed by atoms with Crippen molar-refractivity contribution < 1.29 is 9.59 Å². The van der Waals surface area contributed by atoms with E-state index in [9.17, 15) is 9.59 Å². The molecule has 2 aromatic heterocycles. The molecule has 0 saturated heterocycles. The van der Waals surface area contributed by atoms with E-state index in [1.165, 1.54) is 22.1 Å². The van der Waals surface area contributed by atoms with Gasteiger partial charge in [-0.15, -0.1) is 17.9 Å². The first-order valence-corrected chi connectivity index (χ1v) is 6.77. The first-order valence-electron chi connectivity index (χ1n) is 5.90. The number of rotatable bonds is 5. The molecule has 0 aliphatic carbocycles. The van der Waals surface area contributed by atoms with Gasteiger partial charge in [-0.25, -0.2) is 0 Å². The van der Waals surface area contributed by atoms with Crippen LogP contribution in [0.2, 0.25) is 0 Å². The Labute approximate surface area is 120 Å². The van der Waals surface area contributed by atoms with Crippen LogP contribution < -0.4 is 10.6 Å². The van der Waals surface area contributed by atoms with Crippen LogP contribution >= 0.6 is 11.3 Å². The standard InChI is InChI=1S/C13H14N4O2S/c1-3-6-14-12(18)9-8-11(17(2)16-9)15-13(19)10-5-4-7-20-10/h3-5,7-8H,1,6H2,2H3,(H,14,18)(H,15,19). The molecule has 6 nitrogen and oxygen atoms in total. The lowest BCUT2D eigenvalue weighted by Crippen LogP contribution is -2.23. The summed E-state index contributed by atoms with van der Waals surface area (Å²) in [6, 6.07) is 5.06. The molecule has 0 bridgehead atoms. The summed E-state index contributed by atoms with van der Waals surface area (Å²) in [4.78, 5) is 24.3. The monoisotopic (exact) mass is 290 g/mol. The van der Waals surface area contributed by atoms with Crippen LogP contribution in [0.1, 0.15) is 20.2 Å². The average molecular weight is 290 g/mol. The Kier molecular flexibility index (Phi) is 4.31. The van der Waals surface area contributed by atoms with E-state index in [4.69, 9.17) is 0 Å². The SMILES string of the molecule is C=CCNC(=O)c1cc(NC(=O)c2cccs2)n(C)n1. The molecule has 2 rings (SSSR count). The molecule has 0 aromatic carbocycles. The topological polar surface area (TPSA) is 76.0 Å². The zero-order valence-corrected chi connectivity index (χ0v) is 11.7. The van der Waals surface area contributed by atoms with Gasteiger partial charge in [-0.1, -0.05) is 12.1 Å². The summed E-state index contributed by atoms with van der Waals surface area (Å²) in [7, 11) is 1.66. The summed E-state index contributed by atoms with van der Waals surface area (Å²) in [5.41, 5.74) is 0.246. The van der Waals surface area contributed by atoms with Crippen LogP contribution in [0, 0.1) is 0 Å². The second-order valence-corrected chi connectivity index (χ2v) is 4.92. The van der Waals surface area contributed by atoms with Crippen LogP contribution in [0.25, 0.3) is 0 Å². The molecule has 2 N–H and O–H groups in total. The van der Waals surface area contributed by atoms with E-state index >= 15 is 0 Å². The Morgan fingerprint density at radius 1 is 1.50 bits per heavy atom. The van der Waals surface area contributed by atoms with Gasteiger partial charge in [-0.2, -0.15) is 5.10 Å². The third kappa shape index (κ3) is 3.12. The number of thiophene rings is 1. The Morgan fingerprint density at radius 2 is 2.30 bits per heavy atom. The molecule has 2 heterocycles. The summed E-state index contributed by atoms with van der Waals surface area (Å²) in [5.74, 6) is -0.0645. The first-order chi connectivity index (χ1) is 9.61. The summed E-state index contributed by atoms with van der Waals surface area (Å²) < 4.78 is 1.45. The van der Waals surface area contributed by atoms with Crippen molar-refractivity contribution in [2.45, 2.75) is 0 Å². The molecule has 0 aliphatic rings. The number of hydrogen-bond acceptors (Lipinski definition) is 4. The highest BCUT2D eigenvalue weighted by Gasteiger charge is 2.14. The summed E-state index contributed by atoms with van der Waals surface area (Å²) in [5, 5.41) is 11.2. The number of aryl methyl sites for hydroxylation is 1. The van der Waals surface area contributed by atoms with Crippen LogP contribution in [0.3, 0.4) is 0 Å². The van der Waals surface area contributed by atoms with Gasteiger partial charge in [-0.3, -0.25) is 14.3 Å². The molecule has 0 atom stereocenters. The lowest BCUT2D eigenvalue weighted by molar-refractivity contribution is 0.0951. The van der Waals surface area contributed by atoms with Gasteiger partial charge in [0.15, 0.2) is 5.69 Å². The van der Waals surface area contributed by atoms with Gasteiger partial charge in [0, 0.05) is 19.7 Å². The lowest BCUT2D eigenvalue weighted by atomic mass is 10.3. The minimum Gasteiger partial charge on any atom is -0.347 e. The summed E-state index contributed by atoms with van der Waals surface area (Å²) in [6.07, 6.45) is 1.58. The van der Waals surface area contributed by atoms with E-state index < -0.39 is 0 Å². The highest BCUT2D eigenvalue weighted by Crippen LogP contribution is 2.14. The predicted molar refractivity (Wildman–Crippen MR) is 78.0 cm³/mol. The van der Waals surface area contributed by atoms with E-state index in [0.29, 0.717) is 17.2 Å². The second kappa shape index (κ2) is 6.16. The van der Waals surface area contributed by atoms with Crippen molar-refractivity contribution in [3.63, 3.8) is 0 Å².